The molecule has 3 atom stereocenters. The first-order chi connectivity index (χ1) is 10.2. The van der Waals surface area contributed by atoms with Crippen molar-refractivity contribution >= 4 is 11.8 Å². The van der Waals surface area contributed by atoms with Crippen molar-refractivity contribution < 1.29 is 0 Å². The fourth-order valence-electron chi connectivity index (χ4n) is 4.02. The highest BCUT2D eigenvalue weighted by Gasteiger charge is 2.31. The van der Waals surface area contributed by atoms with E-state index in [2.05, 4.69) is 56.2 Å². The standard InChI is InChI=1S/C19H29NS/c1-13(2)15-8-10-18(20-3)19(12-15)21-17-9-7-14-5-4-6-16(14)11-17/h7,9,11,13,15,18-20H,4-6,8,10,12H2,1-3H3. The average molecular weight is 304 g/mol. The van der Waals surface area contributed by atoms with Crippen LogP contribution in [0.1, 0.15) is 50.7 Å². The Bertz CT molecular complexity index is 482. The van der Waals surface area contributed by atoms with E-state index < -0.39 is 0 Å². The summed E-state index contributed by atoms with van der Waals surface area (Å²) in [5.74, 6) is 1.73. The van der Waals surface area contributed by atoms with E-state index in [9.17, 15) is 0 Å². The van der Waals surface area contributed by atoms with E-state index in [0.717, 1.165) is 17.1 Å². The molecule has 3 unspecified atom stereocenters. The summed E-state index contributed by atoms with van der Waals surface area (Å²) in [5.41, 5.74) is 3.20. The number of fused-ring (bicyclic) bond motifs is 1. The molecular weight excluding hydrogens is 274 g/mol. The van der Waals surface area contributed by atoms with Crippen LogP contribution in [0.5, 0.6) is 0 Å². The van der Waals surface area contributed by atoms with Crippen molar-refractivity contribution in [3.63, 3.8) is 0 Å². The van der Waals surface area contributed by atoms with E-state index in [1.54, 1.807) is 11.1 Å². The highest BCUT2D eigenvalue weighted by atomic mass is 32.2. The maximum Gasteiger partial charge on any atom is 0.0251 e. The molecule has 2 heteroatoms. The maximum absolute atomic E-state index is 3.57. The molecule has 0 saturated heterocycles. The van der Waals surface area contributed by atoms with Gasteiger partial charge in [-0.05, 0) is 80.7 Å². The second-order valence-corrected chi connectivity index (χ2v) is 8.47. The van der Waals surface area contributed by atoms with Crippen LogP contribution in [0.4, 0.5) is 0 Å². The summed E-state index contributed by atoms with van der Waals surface area (Å²) >= 11 is 2.12. The Kier molecular flexibility index (Phi) is 4.96. The van der Waals surface area contributed by atoms with Gasteiger partial charge >= 0.3 is 0 Å². The Labute approximate surface area is 134 Å². The van der Waals surface area contributed by atoms with Crippen molar-refractivity contribution in [3.05, 3.63) is 29.3 Å². The Balaban J connectivity index is 1.71. The molecule has 0 spiro atoms. The fraction of sp³-hybridized carbons (Fsp3) is 0.684. The molecule has 0 bridgehead atoms. The molecule has 0 aromatic heterocycles. The number of hydrogen-bond donors (Lipinski definition) is 1. The van der Waals surface area contributed by atoms with Crippen LogP contribution < -0.4 is 5.32 Å². The van der Waals surface area contributed by atoms with Crippen LogP contribution in [0.15, 0.2) is 23.1 Å². The lowest BCUT2D eigenvalue weighted by Gasteiger charge is -2.37. The van der Waals surface area contributed by atoms with Gasteiger partial charge in [0, 0.05) is 16.2 Å². The summed E-state index contributed by atoms with van der Waals surface area (Å²) in [5, 5.41) is 4.30. The van der Waals surface area contributed by atoms with Gasteiger partial charge < -0.3 is 5.32 Å². The van der Waals surface area contributed by atoms with Gasteiger partial charge in [-0.3, -0.25) is 0 Å². The van der Waals surface area contributed by atoms with Crippen molar-refractivity contribution in [1.82, 2.24) is 5.32 Å². The Morgan fingerprint density at radius 1 is 1.14 bits per heavy atom. The van der Waals surface area contributed by atoms with Crippen LogP contribution in [0.3, 0.4) is 0 Å². The highest BCUT2D eigenvalue weighted by Crippen LogP contribution is 2.40. The molecule has 0 aliphatic heterocycles. The molecule has 0 radical (unpaired) electrons. The zero-order chi connectivity index (χ0) is 14.8. The molecule has 116 valence electrons. The van der Waals surface area contributed by atoms with Gasteiger partial charge in [0.1, 0.15) is 0 Å². The Morgan fingerprint density at radius 3 is 2.71 bits per heavy atom. The number of nitrogens with one attached hydrogen (secondary N) is 1. The van der Waals surface area contributed by atoms with E-state index in [-0.39, 0.29) is 0 Å². The number of benzene rings is 1. The third-order valence-corrected chi connectivity index (χ3v) is 6.85. The second kappa shape index (κ2) is 6.75. The largest absolute Gasteiger partial charge is 0.316 e. The summed E-state index contributed by atoms with van der Waals surface area (Å²) < 4.78 is 0. The van der Waals surface area contributed by atoms with E-state index in [4.69, 9.17) is 0 Å². The van der Waals surface area contributed by atoms with Crippen LogP contribution in [0.2, 0.25) is 0 Å². The molecule has 1 saturated carbocycles. The normalized spacial score (nSPS) is 28.9. The molecule has 3 rings (SSSR count). The summed E-state index contributed by atoms with van der Waals surface area (Å²) in [6.45, 7) is 4.78. The third-order valence-electron chi connectivity index (χ3n) is 5.50. The van der Waals surface area contributed by atoms with Gasteiger partial charge in [-0.15, -0.1) is 11.8 Å². The fourth-order valence-corrected chi connectivity index (χ4v) is 5.51. The van der Waals surface area contributed by atoms with Crippen molar-refractivity contribution in [2.45, 2.75) is 68.6 Å². The zero-order valence-electron chi connectivity index (χ0n) is 13.7. The van der Waals surface area contributed by atoms with Crippen LogP contribution in [-0.2, 0) is 12.8 Å². The molecule has 0 heterocycles. The number of rotatable bonds is 4. The molecule has 21 heavy (non-hydrogen) atoms. The average Bonchev–Trinajstić information content (AvgIpc) is 2.94. The lowest BCUT2D eigenvalue weighted by molar-refractivity contribution is 0.251. The SMILES string of the molecule is CNC1CCC(C(C)C)CC1Sc1ccc2c(c1)CCC2. The molecule has 1 aromatic rings. The number of thioether (sulfide) groups is 1. The third kappa shape index (κ3) is 3.48. The minimum atomic E-state index is 0.679. The van der Waals surface area contributed by atoms with Crippen molar-refractivity contribution in [2.75, 3.05) is 7.05 Å². The second-order valence-electron chi connectivity index (χ2n) is 7.15. The van der Waals surface area contributed by atoms with Crippen molar-refractivity contribution in [1.29, 1.82) is 0 Å². The smallest absolute Gasteiger partial charge is 0.0251 e. The molecule has 0 amide bonds. The van der Waals surface area contributed by atoms with E-state index >= 15 is 0 Å². The van der Waals surface area contributed by atoms with Crippen LogP contribution in [0.25, 0.3) is 0 Å². The number of aryl methyl sites for hydroxylation is 2. The zero-order valence-corrected chi connectivity index (χ0v) is 14.5. The van der Waals surface area contributed by atoms with Gasteiger partial charge in [0.15, 0.2) is 0 Å². The molecule has 1 fully saturated rings. The first-order valence-corrected chi connectivity index (χ1v) is 9.51. The lowest BCUT2D eigenvalue weighted by Crippen LogP contribution is -2.41. The molecule has 2 aliphatic rings. The predicted molar refractivity (Wildman–Crippen MR) is 93.1 cm³/mol. The quantitative estimate of drug-likeness (QED) is 0.866. The number of hydrogen-bond acceptors (Lipinski definition) is 2. The van der Waals surface area contributed by atoms with Crippen LogP contribution in [0, 0.1) is 11.8 Å². The highest BCUT2D eigenvalue weighted by molar-refractivity contribution is 8.00. The Hall–Kier alpha value is -0.470. The molecule has 1 aromatic carbocycles. The van der Waals surface area contributed by atoms with Gasteiger partial charge in [0.2, 0.25) is 0 Å². The van der Waals surface area contributed by atoms with Gasteiger partial charge in [-0.1, -0.05) is 19.9 Å². The van der Waals surface area contributed by atoms with Gasteiger partial charge in [-0.25, -0.2) is 0 Å². The Morgan fingerprint density at radius 2 is 1.95 bits per heavy atom. The molecule has 2 aliphatic carbocycles. The minimum absolute atomic E-state index is 0.679. The van der Waals surface area contributed by atoms with Crippen molar-refractivity contribution in [2.24, 2.45) is 11.8 Å². The molecule has 1 N–H and O–H groups in total. The molecular formula is C19H29NS. The summed E-state index contributed by atoms with van der Waals surface area (Å²) in [6.07, 6.45) is 8.02. The van der Waals surface area contributed by atoms with E-state index in [1.807, 2.05) is 0 Å². The van der Waals surface area contributed by atoms with Crippen LogP contribution >= 0.6 is 11.8 Å². The minimum Gasteiger partial charge on any atom is -0.316 e. The van der Waals surface area contributed by atoms with E-state index in [0.29, 0.717) is 6.04 Å². The predicted octanol–water partition coefficient (Wildman–Crippen LogP) is 4.68. The molecule has 1 nitrogen and oxygen atoms in total. The summed E-state index contributed by atoms with van der Waals surface area (Å²) in [7, 11) is 2.14. The first-order valence-electron chi connectivity index (χ1n) is 8.63. The van der Waals surface area contributed by atoms with Gasteiger partial charge in [-0.2, -0.15) is 0 Å². The topological polar surface area (TPSA) is 12.0 Å². The van der Waals surface area contributed by atoms with Gasteiger partial charge in [0.05, 0.1) is 0 Å². The maximum atomic E-state index is 3.57. The summed E-state index contributed by atoms with van der Waals surface area (Å²) in [4.78, 5) is 1.49. The lowest BCUT2D eigenvalue weighted by atomic mass is 9.79. The van der Waals surface area contributed by atoms with Crippen molar-refractivity contribution in [3.8, 4) is 0 Å². The summed E-state index contributed by atoms with van der Waals surface area (Å²) in [6, 6.07) is 7.89. The van der Waals surface area contributed by atoms with Gasteiger partial charge in [0.25, 0.3) is 0 Å². The van der Waals surface area contributed by atoms with E-state index in [1.165, 1.54) is 43.4 Å². The first kappa shape index (κ1) is 15.4. The van der Waals surface area contributed by atoms with Crippen LogP contribution in [-0.4, -0.2) is 18.3 Å². The monoisotopic (exact) mass is 303 g/mol.